The molecule has 4 rings (SSSR count). The largest absolute Gasteiger partial charge is 0.483 e. The molecule has 3 unspecified atom stereocenters. The molecule has 2 aliphatic rings. The van der Waals surface area contributed by atoms with E-state index in [1.54, 1.807) is 18.4 Å². The summed E-state index contributed by atoms with van der Waals surface area (Å²) < 4.78 is 11.2. The van der Waals surface area contributed by atoms with E-state index in [0.717, 1.165) is 17.7 Å². The van der Waals surface area contributed by atoms with Crippen molar-refractivity contribution in [2.24, 2.45) is 5.92 Å². The molecule has 2 aromatic rings. The number of amides is 2. The summed E-state index contributed by atoms with van der Waals surface area (Å²) in [6.45, 7) is 0.532. The van der Waals surface area contributed by atoms with E-state index in [1.807, 2.05) is 30.3 Å². The van der Waals surface area contributed by atoms with Crippen LogP contribution in [0.3, 0.4) is 0 Å². The Hall–Kier alpha value is -2.73. The molecule has 3 atom stereocenters. The van der Waals surface area contributed by atoms with E-state index in [-0.39, 0.29) is 35.6 Å². The third-order valence-electron chi connectivity index (χ3n) is 5.42. The summed E-state index contributed by atoms with van der Waals surface area (Å²) in [5.41, 5.74) is 0.738. The van der Waals surface area contributed by atoms with Gasteiger partial charge in [-0.3, -0.25) is 9.59 Å². The van der Waals surface area contributed by atoms with Gasteiger partial charge in [0.05, 0.1) is 12.3 Å². The number of rotatable bonds is 5. The lowest BCUT2D eigenvalue weighted by atomic mass is 9.82. The van der Waals surface area contributed by atoms with Crippen molar-refractivity contribution in [1.82, 2.24) is 10.6 Å². The van der Waals surface area contributed by atoms with Crippen LogP contribution in [-0.4, -0.2) is 30.5 Å². The summed E-state index contributed by atoms with van der Waals surface area (Å²) in [6.07, 6.45) is 5.83. The van der Waals surface area contributed by atoms with Crippen LogP contribution < -0.4 is 10.6 Å². The first-order chi connectivity index (χ1) is 14.1. The number of benzene rings is 1. The molecule has 2 N–H and O–H groups in total. The maximum Gasteiger partial charge on any atom is 0.286 e. The van der Waals surface area contributed by atoms with Crippen molar-refractivity contribution in [3.05, 3.63) is 64.8 Å². The van der Waals surface area contributed by atoms with E-state index in [4.69, 9.17) is 20.8 Å². The Labute approximate surface area is 174 Å². The van der Waals surface area contributed by atoms with E-state index >= 15 is 0 Å². The van der Waals surface area contributed by atoms with Gasteiger partial charge in [0.25, 0.3) is 5.91 Å². The fourth-order valence-corrected chi connectivity index (χ4v) is 4.06. The van der Waals surface area contributed by atoms with E-state index in [0.29, 0.717) is 30.8 Å². The van der Waals surface area contributed by atoms with E-state index in [9.17, 15) is 9.59 Å². The molecule has 1 aromatic carbocycles. The first-order valence-corrected chi connectivity index (χ1v) is 10.2. The van der Waals surface area contributed by atoms with E-state index in [2.05, 4.69) is 10.6 Å². The van der Waals surface area contributed by atoms with Gasteiger partial charge in [-0.25, -0.2) is 0 Å². The summed E-state index contributed by atoms with van der Waals surface area (Å²) >= 11 is 6.17. The number of carbonyl (C=O) groups excluding carboxylic acids is 2. The first kappa shape index (κ1) is 19.6. The van der Waals surface area contributed by atoms with Gasteiger partial charge in [0, 0.05) is 23.9 Å². The summed E-state index contributed by atoms with van der Waals surface area (Å²) in [6, 6.07) is 10.9. The van der Waals surface area contributed by atoms with E-state index in [1.165, 1.54) is 0 Å². The van der Waals surface area contributed by atoms with Crippen LogP contribution >= 0.6 is 11.6 Å². The van der Waals surface area contributed by atoms with Crippen LogP contribution in [0.5, 0.6) is 0 Å². The van der Waals surface area contributed by atoms with Crippen LogP contribution in [0.25, 0.3) is 6.08 Å². The Bertz CT molecular complexity index is 909. The van der Waals surface area contributed by atoms with Crippen LogP contribution in [-0.2, 0) is 20.7 Å². The van der Waals surface area contributed by atoms with Crippen LogP contribution in [0.15, 0.2) is 52.8 Å². The van der Waals surface area contributed by atoms with Crippen LogP contribution in [0.4, 0.5) is 0 Å². The summed E-state index contributed by atoms with van der Waals surface area (Å²) in [4.78, 5) is 25.0. The molecule has 1 aromatic heterocycles. The van der Waals surface area contributed by atoms with Crippen LogP contribution in [0.1, 0.15) is 30.6 Å². The first-order valence-electron chi connectivity index (χ1n) is 9.84. The quantitative estimate of drug-likeness (QED) is 0.735. The van der Waals surface area contributed by atoms with Gasteiger partial charge in [0.15, 0.2) is 5.76 Å². The van der Waals surface area contributed by atoms with Crippen molar-refractivity contribution in [2.75, 3.05) is 6.54 Å². The minimum Gasteiger partial charge on any atom is -0.483 e. The predicted octanol–water partition coefficient (Wildman–Crippen LogP) is 3.32. The molecule has 2 amide bonds. The molecule has 29 heavy (non-hydrogen) atoms. The normalized spacial score (nSPS) is 25.1. The molecule has 1 saturated heterocycles. The Kier molecular flexibility index (Phi) is 5.90. The van der Waals surface area contributed by atoms with Gasteiger partial charge in [0.1, 0.15) is 11.9 Å². The zero-order valence-corrected chi connectivity index (χ0v) is 16.7. The third kappa shape index (κ3) is 4.65. The lowest BCUT2D eigenvalue weighted by Crippen LogP contribution is -2.54. The molecule has 6 nitrogen and oxygen atoms in total. The fourth-order valence-electron chi connectivity index (χ4n) is 3.87. The Morgan fingerprint density at radius 2 is 2.10 bits per heavy atom. The van der Waals surface area contributed by atoms with Crippen LogP contribution in [0.2, 0.25) is 5.02 Å². The number of nitrogens with one attached hydrogen (secondary N) is 2. The second kappa shape index (κ2) is 8.74. The van der Waals surface area contributed by atoms with Gasteiger partial charge >= 0.3 is 0 Å². The highest BCUT2D eigenvalue weighted by molar-refractivity contribution is 6.32. The molecule has 0 radical (unpaired) electrons. The van der Waals surface area contributed by atoms with Gasteiger partial charge < -0.3 is 19.8 Å². The average Bonchev–Trinajstić information content (AvgIpc) is 3.23. The van der Waals surface area contributed by atoms with Crippen molar-refractivity contribution in [2.45, 2.75) is 37.8 Å². The topological polar surface area (TPSA) is 80.6 Å². The average molecular weight is 415 g/mol. The highest BCUT2D eigenvalue weighted by Crippen LogP contribution is 2.32. The summed E-state index contributed by atoms with van der Waals surface area (Å²) in [7, 11) is 0. The molecule has 0 bridgehead atoms. The Morgan fingerprint density at radius 3 is 2.90 bits per heavy atom. The molecular weight excluding hydrogens is 392 g/mol. The van der Waals surface area contributed by atoms with Gasteiger partial charge in [-0.2, -0.15) is 0 Å². The van der Waals surface area contributed by atoms with Crippen LogP contribution in [0, 0.1) is 5.92 Å². The maximum absolute atomic E-state index is 12.5. The SMILES string of the molecule is O=C1NC2CC(C(=O)NCCc3ccco3)CCC2O/C1=C\c1ccccc1Cl. The highest BCUT2D eigenvalue weighted by atomic mass is 35.5. The van der Waals surface area contributed by atoms with Crippen molar-refractivity contribution in [3.8, 4) is 0 Å². The maximum atomic E-state index is 12.5. The number of morpholine rings is 1. The van der Waals surface area contributed by atoms with Gasteiger partial charge in [-0.05, 0) is 49.1 Å². The molecule has 2 fully saturated rings. The molecule has 1 aliphatic heterocycles. The molecule has 1 aliphatic carbocycles. The lowest BCUT2D eigenvalue weighted by Gasteiger charge is -2.39. The minimum atomic E-state index is -0.273. The van der Waals surface area contributed by atoms with Gasteiger partial charge in [0.2, 0.25) is 5.91 Å². The van der Waals surface area contributed by atoms with Gasteiger partial charge in [-0.15, -0.1) is 0 Å². The Balaban J connectivity index is 1.33. The highest BCUT2D eigenvalue weighted by Gasteiger charge is 2.40. The summed E-state index contributed by atoms with van der Waals surface area (Å²) in [5.74, 6) is 0.720. The second-order valence-corrected chi connectivity index (χ2v) is 7.80. The van der Waals surface area contributed by atoms with Crippen molar-refractivity contribution >= 4 is 29.5 Å². The fraction of sp³-hybridized carbons (Fsp3) is 0.364. The third-order valence-corrected chi connectivity index (χ3v) is 5.76. The van der Waals surface area contributed by atoms with Crippen molar-refractivity contribution < 1.29 is 18.7 Å². The second-order valence-electron chi connectivity index (χ2n) is 7.40. The summed E-state index contributed by atoms with van der Waals surface area (Å²) in [5, 5.41) is 6.53. The van der Waals surface area contributed by atoms with E-state index < -0.39 is 0 Å². The van der Waals surface area contributed by atoms with Crippen molar-refractivity contribution in [1.29, 1.82) is 0 Å². The van der Waals surface area contributed by atoms with Crippen molar-refractivity contribution in [3.63, 3.8) is 0 Å². The number of hydrogen-bond donors (Lipinski definition) is 2. The lowest BCUT2D eigenvalue weighted by molar-refractivity contribution is -0.134. The molecule has 2 heterocycles. The number of furan rings is 1. The number of ether oxygens (including phenoxy) is 1. The number of fused-ring (bicyclic) bond motifs is 1. The molecule has 7 heteroatoms. The predicted molar refractivity (Wildman–Crippen MR) is 109 cm³/mol. The molecule has 0 spiro atoms. The minimum absolute atomic E-state index is 0.0154. The number of hydrogen-bond acceptors (Lipinski definition) is 4. The monoisotopic (exact) mass is 414 g/mol. The number of carbonyl (C=O) groups is 2. The smallest absolute Gasteiger partial charge is 0.286 e. The Morgan fingerprint density at radius 1 is 1.24 bits per heavy atom. The zero-order valence-electron chi connectivity index (χ0n) is 15.9. The van der Waals surface area contributed by atoms with Gasteiger partial charge in [-0.1, -0.05) is 29.8 Å². The molecule has 1 saturated carbocycles. The number of halogens is 1. The standard InChI is InChI=1S/C22H23ClN2O4/c23-17-6-2-1-4-14(17)13-20-22(27)25-18-12-15(7-8-19(18)29-20)21(26)24-10-9-16-5-3-11-28-16/h1-6,11,13,15,18-19H,7-10,12H2,(H,24,26)(H,25,27)/b20-13-. The molecule has 152 valence electrons. The zero-order chi connectivity index (χ0) is 20.2. The molecular formula is C22H23ClN2O4.